The first-order chi connectivity index (χ1) is 10.8. The number of hydrogen-bond donors (Lipinski definition) is 2. The molecule has 22 heavy (non-hydrogen) atoms. The predicted octanol–water partition coefficient (Wildman–Crippen LogP) is 5.18. The molecule has 2 nitrogen and oxygen atoms in total. The summed E-state index contributed by atoms with van der Waals surface area (Å²) in [4.78, 5) is 0. The van der Waals surface area contributed by atoms with Crippen LogP contribution in [0.2, 0.25) is 0 Å². The Morgan fingerprint density at radius 3 is 2.00 bits per heavy atom. The van der Waals surface area contributed by atoms with Crippen LogP contribution in [0.25, 0.3) is 0 Å². The third-order valence-electron chi connectivity index (χ3n) is 4.89. The minimum atomic E-state index is 0.338. The zero-order valence-corrected chi connectivity index (χ0v) is 16.3. The van der Waals surface area contributed by atoms with Gasteiger partial charge in [-0.1, -0.05) is 63.7 Å². The van der Waals surface area contributed by atoms with E-state index in [1.165, 1.54) is 83.6 Å². The zero-order valence-electron chi connectivity index (χ0n) is 14.1. The maximum Gasteiger partial charge on any atom is 0.0431 e. The second kappa shape index (κ2) is 13.6. The molecule has 1 aliphatic rings. The van der Waals surface area contributed by atoms with E-state index < -0.39 is 0 Å². The number of rotatable bonds is 13. The molecule has 0 saturated carbocycles. The Hall–Kier alpha value is 0.210. The maximum absolute atomic E-state index is 8.72. The fraction of sp³-hybridized carbons (Fsp3) is 0.895. The molecule has 0 bridgehead atoms. The molecule has 0 amide bonds. The Kier molecular flexibility index (Phi) is 12.5. The van der Waals surface area contributed by atoms with Gasteiger partial charge in [0, 0.05) is 41.2 Å². The molecule has 0 radical (unpaired) electrons. The largest absolute Gasteiger partial charge is 0.396 e. The van der Waals surface area contributed by atoms with E-state index in [2.05, 4.69) is 37.8 Å². The Bertz CT molecular complexity index is 315. The van der Waals surface area contributed by atoms with E-state index in [0.29, 0.717) is 12.1 Å². The van der Waals surface area contributed by atoms with Gasteiger partial charge in [0.25, 0.3) is 0 Å². The summed E-state index contributed by atoms with van der Waals surface area (Å²) in [5.74, 6) is 3.28. The summed E-state index contributed by atoms with van der Waals surface area (Å²) in [5, 5.41) is 12.4. The highest BCUT2D eigenvalue weighted by Gasteiger charge is 2.31. The van der Waals surface area contributed by atoms with Crippen LogP contribution in [-0.2, 0) is 0 Å². The number of aliphatic hydroxyl groups excluding tert-OH is 1. The zero-order chi connectivity index (χ0) is 15.9. The molecule has 128 valence electrons. The average Bonchev–Trinajstić information content (AvgIpc) is 3.00. The minimum absolute atomic E-state index is 0.338. The van der Waals surface area contributed by atoms with E-state index in [4.69, 9.17) is 5.11 Å². The lowest BCUT2D eigenvalue weighted by Crippen LogP contribution is -2.39. The Morgan fingerprint density at radius 1 is 0.909 bits per heavy atom. The lowest BCUT2D eigenvalue weighted by molar-refractivity contribution is 0.282. The molecule has 0 aromatic carbocycles. The molecule has 1 aliphatic heterocycles. The number of hydrogen-bond acceptors (Lipinski definition) is 2. The van der Waals surface area contributed by atoms with Crippen LogP contribution in [0.1, 0.15) is 89.9 Å². The van der Waals surface area contributed by atoms with E-state index in [1.54, 1.807) is 0 Å². The van der Waals surface area contributed by atoms with E-state index >= 15 is 0 Å². The van der Waals surface area contributed by atoms with Crippen molar-refractivity contribution in [2.75, 3.05) is 13.2 Å². The molecule has 2 N–H and O–H groups in total. The van der Waals surface area contributed by atoms with Crippen molar-refractivity contribution >= 4 is 22.6 Å². The van der Waals surface area contributed by atoms with Crippen LogP contribution in [0.5, 0.6) is 0 Å². The first-order valence-electron chi connectivity index (χ1n) is 9.27. The smallest absolute Gasteiger partial charge is 0.0431 e. The van der Waals surface area contributed by atoms with Gasteiger partial charge in [0.15, 0.2) is 0 Å². The van der Waals surface area contributed by atoms with Gasteiger partial charge in [-0.25, -0.2) is 0 Å². The summed E-state index contributed by atoms with van der Waals surface area (Å²) in [6, 6.07) is 0. The normalized spacial score (nSPS) is 20.8. The Labute approximate surface area is 151 Å². The summed E-state index contributed by atoms with van der Waals surface area (Å²) < 4.78 is 3.03. The van der Waals surface area contributed by atoms with Crippen LogP contribution in [-0.4, -0.2) is 23.8 Å². The molecule has 1 atom stereocenters. The van der Waals surface area contributed by atoms with Crippen LogP contribution in [0.3, 0.4) is 0 Å². The molecule has 0 aromatic heterocycles. The van der Waals surface area contributed by atoms with Crippen molar-refractivity contribution < 1.29 is 5.11 Å². The van der Waals surface area contributed by atoms with Crippen LogP contribution >= 0.6 is 22.6 Å². The van der Waals surface area contributed by atoms with E-state index in [0.717, 1.165) is 12.8 Å². The maximum atomic E-state index is 8.72. The average molecular weight is 419 g/mol. The lowest BCUT2D eigenvalue weighted by Gasteiger charge is -2.27. The predicted molar refractivity (Wildman–Crippen MR) is 104 cm³/mol. The molecule has 0 aliphatic carbocycles. The number of nitrogens with one attached hydrogen (secondary N) is 1. The van der Waals surface area contributed by atoms with Gasteiger partial charge < -0.3 is 10.4 Å². The summed E-state index contributed by atoms with van der Waals surface area (Å²) in [6.07, 6.45) is 18.1. The summed E-state index contributed by atoms with van der Waals surface area (Å²) in [5.41, 5.74) is 0.338. The Morgan fingerprint density at radius 2 is 1.50 bits per heavy atom. The summed E-state index contributed by atoms with van der Waals surface area (Å²) >= 11 is 2.15. The fourth-order valence-electron chi connectivity index (χ4n) is 3.51. The lowest BCUT2D eigenvalue weighted by atomic mass is 9.87. The van der Waals surface area contributed by atoms with Gasteiger partial charge in [-0.2, -0.15) is 0 Å². The molecule has 1 fully saturated rings. The first kappa shape index (κ1) is 20.3. The molecular weight excluding hydrogens is 385 g/mol. The molecular formula is C19H34INO. The van der Waals surface area contributed by atoms with Crippen molar-refractivity contribution in [2.24, 2.45) is 0 Å². The Balaban J connectivity index is 1.94. The first-order valence-corrected chi connectivity index (χ1v) is 10.4. The number of unbranched alkanes of at least 4 members (excludes halogenated alkanes) is 9. The van der Waals surface area contributed by atoms with E-state index in [9.17, 15) is 0 Å². The second-order valence-corrected chi connectivity index (χ2v) is 7.31. The minimum Gasteiger partial charge on any atom is -0.396 e. The molecule has 1 unspecified atom stereocenters. The van der Waals surface area contributed by atoms with Gasteiger partial charge in [0.2, 0.25) is 0 Å². The van der Waals surface area contributed by atoms with E-state index in [-0.39, 0.29) is 0 Å². The van der Waals surface area contributed by atoms with Gasteiger partial charge in [-0.15, -0.1) is 0 Å². The highest BCUT2D eigenvalue weighted by Crippen LogP contribution is 2.29. The van der Waals surface area contributed by atoms with Gasteiger partial charge in [0.1, 0.15) is 0 Å². The standard InChI is InChI=1S/C19H34INO/c20-16-11-14-19(15-12-17-21-19)13-9-7-5-3-1-2-4-6-8-10-18-22/h21-22H,1-10,12-15,17-18H2. The molecule has 1 rings (SSSR count). The fourth-order valence-corrected chi connectivity index (χ4v) is 3.70. The van der Waals surface area contributed by atoms with Crippen LogP contribution < -0.4 is 5.32 Å². The van der Waals surface area contributed by atoms with Crippen LogP contribution in [0, 0.1) is 9.85 Å². The van der Waals surface area contributed by atoms with Crippen molar-refractivity contribution in [3.63, 3.8) is 0 Å². The molecule has 0 aromatic rings. The SMILES string of the molecule is OCCCCCCCCCCCCC1(CC#CI)CCCN1. The van der Waals surface area contributed by atoms with Crippen molar-refractivity contribution in [2.45, 2.75) is 95.4 Å². The number of aliphatic hydroxyl groups is 1. The van der Waals surface area contributed by atoms with Gasteiger partial charge in [0.05, 0.1) is 0 Å². The summed E-state index contributed by atoms with van der Waals surface area (Å²) in [6.45, 7) is 1.54. The quantitative estimate of drug-likeness (QED) is 0.245. The van der Waals surface area contributed by atoms with E-state index in [1.807, 2.05) is 0 Å². The topological polar surface area (TPSA) is 32.3 Å². The van der Waals surface area contributed by atoms with Gasteiger partial charge in [-0.3, -0.25) is 0 Å². The third-order valence-corrected chi connectivity index (χ3v) is 5.27. The molecule has 1 saturated heterocycles. The van der Waals surface area contributed by atoms with Crippen molar-refractivity contribution in [1.82, 2.24) is 5.32 Å². The summed E-state index contributed by atoms with van der Waals surface area (Å²) in [7, 11) is 0. The second-order valence-electron chi connectivity index (χ2n) is 6.77. The van der Waals surface area contributed by atoms with Gasteiger partial charge in [-0.05, 0) is 36.2 Å². The monoisotopic (exact) mass is 419 g/mol. The molecule has 0 spiro atoms. The third kappa shape index (κ3) is 9.37. The van der Waals surface area contributed by atoms with Crippen LogP contribution in [0.4, 0.5) is 0 Å². The van der Waals surface area contributed by atoms with Crippen molar-refractivity contribution in [1.29, 1.82) is 0 Å². The highest BCUT2D eigenvalue weighted by atomic mass is 127. The molecule has 3 heteroatoms. The van der Waals surface area contributed by atoms with Crippen LogP contribution in [0.15, 0.2) is 0 Å². The molecule has 1 heterocycles. The van der Waals surface area contributed by atoms with Gasteiger partial charge >= 0.3 is 0 Å². The number of halogens is 1. The highest BCUT2D eigenvalue weighted by molar-refractivity contribution is 14.1. The van der Waals surface area contributed by atoms with Crippen molar-refractivity contribution in [3.8, 4) is 9.85 Å². The van der Waals surface area contributed by atoms with Crippen molar-refractivity contribution in [3.05, 3.63) is 0 Å².